The van der Waals surface area contributed by atoms with Gasteiger partial charge in [0, 0.05) is 11.8 Å². The number of aryl methyl sites for hydroxylation is 1. The van der Waals surface area contributed by atoms with E-state index in [2.05, 4.69) is 5.32 Å². The minimum atomic E-state index is -1.10. The van der Waals surface area contributed by atoms with E-state index >= 15 is 0 Å². The second kappa shape index (κ2) is 6.74. The Hall–Kier alpha value is -2.31. The number of nitrogens with zero attached hydrogens (tertiary/aromatic N) is 1. The quantitative estimate of drug-likeness (QED) is 0.692. The Kier molecular flexibility index (Phi) is 5.31. The molecule has 0 bridgehead atoms. The third kappa shape index (κ3) is 4.11. The minimum absolute atomic E-state index is 0.168. The zero-order valence-corrected chi connectivity index (χ0v) is 11.4. The highest BCUT2D eigenvalue weighted by molar-refractivity contribution is 5.83. The second-order valence-electron chi connectivity index (χ2n) is 4.53. The molecule has 110 valence electrons. The molecule has 20 heavy (non-hydrogen) atoms. The maximum absolute atomic E-state index is 11.8. The SMILES string of the molecule is CCCC(NC(=O)Cn1c(C)cc(O)cc1=O)C(=O)O. The number of carbonyl (C=O) groups excluding carboxylic acids is 1. The van der Waals surface area contributed by atoms with Crippen LogP contribution in [0.3, 0.4) is 0 Å². The van der Waals surface area contributed by atoms with E-state index in [9.17, 15) is 19.5 Å². The molecule has 0 saturated heterocycles. The standard InChI is InChI=1S/C13H18N2O5/c1-3-4-10(13(19)20)14-11(17)7-15-8(2)5-9(16)6-12(15)18/h5-6,10,16H,3-4,7H2,1-2H3,(H,14,17)(H,19,20). The number of nitrogens with one attached hydrogen (secondary N) is 1. The van der Waals surface area contributed by atoms with Crippen molar-refractivity contribution in [1.29, 1.82) is 0 Å². The summed E-state index contributed by atoms with van der Waals surface area (Å²) in [5.74, 6) is -1.82. The lowest BCUT2D eigenvalue weighted by atomic mass is 10.1. The second-order valence-corrected chi connectivity index (χ2v) is 4.53. The molecule has 1 amide bonds. The molecular weight excluding hydrogens is 264 g/mol. The van der Waals surface area contributed by atoms with Crippen LogP contribution in [0.25, 0.3) is 0 Å². The summed E-state index contributed by atoms with van der Waals surface area (Å²) >= 11 is 0. The molecule has 1 atom stereocenters. The maximum atomic E-state index is 11.8. The predicted octanol–water partition coefficient (Wildman–Crippen LogP) is 0.232. The molecule has 0 radical (unpaired) electrons. The molecule has 0 aromatic carbocycles. The molecule has 7 nitrogen and oxygen atoms in total. The van der Waals surface area contributed by atoms with Crippen molar-refractivity contribution in [2.45, 2.75) is 39.3 Å². The van der Waals surface area contributed by atoms with Crippen molar-refractivity contribution in [3.8, 4) is 5.75 Å². The highest BCUT2D eigenvalue weighted by atomic mass is 16.4. The Bertz CT molecular complexity index is 564. The van der Waals surface area contributed by atoms with Crippen LogP contribution >= 0.6 is 0 Å². The minimum Gasteiger partial charge on any atom is -0.508 e. The lowest BCUT2D eigenvalue weighted by Gasteiger charge is -2.15. The summed E-state index contributed by atoms with van der Waals surface area (Å²) in [4.78, 5) is 34.4. The van der Waals surface area contributed by atoms with Crippen LogP contribution in [-0.2, 0) is 16.1 Å². The fourth-order valence-electron chi connectivity index (χ4n) is 1.84. The van der Waals surface area contributed by atoms with Crippen LogP contribution in [0, 0.1) is 6.92 Å². The number of aliphatic carboxylic acids is 1. The van der Waals surface area contributed by atoms with Crippen molar-refractivity contribution in [2.75, 3.05) is 0 Å². The van der Waals surface area contributed by atoms with Crippen LogP contribution in [0.2, 0.25) is 0 Å². The van der Waals surface area contributed by atoms with Gasteiger partial charge in [0.1, 0.15) is 18.3 Å². The van der Waals surface area contributed by atoms with Gasteiger partial charge in [-0.15, -0.1) is 0 Å². The summed E-state index contributed by atoms with van der Waals surface area (Å²) < 4.78 is 1.17. The van der Waals surface area contributed by atoms with Crippen molar-refractivity contribution in [1.82, 2.24) is 9.88 Å². The van der Waals surface area contributed by atoms with Gasteiger partial charge in [0.05, 0.1) is 0 Å². The van der Waals surface area contributed by atoms with Gasteiger partial charge >= 0.3 is 5.97 Å². The van der Waals surface area contributed by atoms with Gasteiger partial charge in [-0.05, 0) is 19.4 Å². The van der Waals surface area contributed by atoms with E-state index < -0.39 is 23.5 Å². The van der Waals surface area contributed by atoms with Crippen LogP contribution < -0.4 is 10.9 Å². The first-order chi connectivity index (χ1) is 9.35. The molecule has 1 aromatic rings. The zero-order chi connectivity index (χ0) is 15.3. The van der Waals surface area contributed by atoms with E-state index in [-0.39, 0.29) is 12.3 Å². The number of aromatic nitrogens is 1. The number of rotatable bonds is 6. The Labute approximate surface area is 115 Å². The summed E-state index contributed by atoms with van der Waals surface area (Å²) in [5.41, 5.74) is -0.0902. The third-order valence-electron chi connectivity index (χ3n) is 2.83. The van der Waals surface area contributed by atoms with E-state index in [4.69, 9.17) is 5.11 Å². The average molecular weight is 282 g/mol. The van der Waals surface area contributed by atoms with Crippen molar-refractivity contribution in [3.05, 3.63) is 28.2 Å². The van der Waals surface area contributed by atoms with Gasteiger partial charge in [-0.25, -0.2) is 4.79 Å². The molecule has 1 rings (SSSR count). The van der Waals surface area contributed by atoms with E-state index in [0.29, 0.717) is 18.5 Å². The van der Waals surface area contributed by atoms with Gasteiger partial charge < -0.3 is 20.1 Å². The van der Waals surface area contributed by atoms with Gasteiger partial charge in [0.2, 0.25) is 5.91 Å². The molecule has 1 aromatic heterocycles. The van der Waals surface area contributed by atoms with E-state index in [1.165, 1.54) is 10.6 Å². The molecule has 0 aliphatic rings. The number of aromatic hydroxyl groups is 1. The smallest absolute Gasteiger partial charge is 0.326 e. The largest absolute Gasteiger partial charge is 0.508 e. The molecule has 0 spiro atoms. The van der Waals surface area contributed by atoms with Gasteiger partial charge in [-0.1, -0.05) is 13.3 Å². The highest BCUT2D eigenvalue weighted by Gasteiger charge is 2.19. The summed E-state index contributed by atoms with van der Waals surface area (Å²) in [6, 6.07) is 1.40. The first-order valence-electron chi connectivity index (χ1n) is 6.27. The van der Waals surface area contributed by atoms with Gasteiger partial charge in [0.15, 0.2) is 0 Å². The molecule has 3 N–H and O–H groups in total. The normalized spacial score (nSPS) is 11.9. The van der Waals surface area contributed by atoms with Gasteiger partial charge in [-0.2, -0.15) is 0 Å². The lowest BCUT2D eigenvalue weighted by Crippen LogP contribution is -2.43. The van der Waals surface area contributed by atoms with Crippen molar-refractivity contribution in [2.24, 2.45) is 0 Å². The average Bonchev–Trinajstić information content (AvgIpc) is 2.33. The van der Waals surface area contributed by atoms with Crippen molar-refractivity contribution >= 4 is 11.9 Å². The van der Waals surface area contributed by atoms with Crippen LogP contribution in [0.4, 0.5) is 0 Å². The molecule has 0 saturated carbocycles. The van der Waals surface area contributed by atoms with Gasteiger partial charge in [0.25, 0.3) is 5.56 Å². The van der Waals surface area contributed by atoms with Crippen molar-refractivity contribution in [3.63, 3.8) is 0 Å². The molecule has 1 unspecified atom stereocenters. The Morgan fingerprint density at radius 3 is 2.55 bits per heavy atom. The first-order valence-corrected chi connectivity index (χ1v) is 6.27. The predicted molar refractivity (Wildman–Crippen MR) is 71.6 cm³/mol. The maximum Gasteiger partial charge on any atom is 0.326 e. The molecular formula is C13H18N2O5. The Balaban J connectivity index is 2.81. The summed E-state index contributed by atoms with van der Waals surface area (Å²) in [6.07, 6.45) is 0.944. The number of carboxylic acid groups (broad SMARTS) is 1. The van der Waals surface area contributed by atoms with E-state index in [1.54, 1.807) is 6.92 Å². The fourth-order valence-corrected chi connectivity index (χ4v) is 1.84. The number of hydrogen-bond acceptors (Lipinski definition) is 4. The number of hydrogen-bond donors (Lipinski definition) is 3. The Morgan fingerprint density at radius 2 is 2.05 bits per heavy atom. The van der Waals surface area contributed by atoms with Gasteiger partial charge in [-0.3, -0.25) is 9.59 Å². The van der Waals surface area contributed by atoms with Crippen LogP contribution in [0.5, 0.6) is 5.75 Å². The topological polar surface area (TPSA) is 109 Å². The molecule has 0 aliphatic heterocycles. The summed E-state index contributed by atoms with van der Waals surface area (Å²) in [7, 11) is 0. The monoisotopic (exact) mass is 282 g/mol. The zero-order valence-electron chi connectivity index (χ0n) is 11.4. The Morgan fingerprint density at radius 1 is 1.40 bits per heavy atom. The number of carboxylic acids is 1. The lowest BCUT2D eigenvalue weighted by molar-refractivity contribution is -0.142. The van der Waals surface area contributed by atoms with Crippen molar-refractivity contribution < 1.29 is 19.8 Å². The molecule has 7 heteroatoms. The van der Waals surface area contributed by atoms with Crippen LogP contribution in [0.15, 0.2) is 16.9 Å². The molecule has 0 fully saturated rings. The molecule has 1 heterocycles. The fraction of sp³-hybridized carbons (Fsp3) is 0.462. The van der Waals surface area contributed by atoms with Crippen LogP contribution in [0.1, 0.15) is 25.5 Å². The number of pyridine rings is 1. The summed E-state index contributed by atoms with van der Waals surface area (Å²) in [6.45, 7) is 3.12. The highest BCUT2D eigenvalue weighted by Crippen LogP contribution is 2.06. The van der Waals surface area contributed by atoms with Crippen LogP contribution in [-0.4, -0.2) is 32.7 Å². The van der Waals surface area contributed by atoms with E-state index in [1.807, 2.05) is 6.92 Å². The van der Waals surface area contributed by atoms with E-state index in [0.717, 1.165) is 6.07 Å². The summed E-state index contributed by atoms with van der Waals surface area (Å²) in [5, 5.41) is 20.6. The first kappa shape index (κ1) is 15.7. The number of carbonyl (C=O) groups is 2. The third-order valence-corrected chi connectivity index (χ3v) is 2.83. The molecule has 0 aliphatic carbocycles. The number of amides is 1.